The first kappa shape index (κ1) is 23.3. The monoisotopic (exact) mass is 480 g/mol. The SMILES string of the molecule is COCCCn1c(SC(C)C(=O)Nc2ccc3ccccc3c2)nnc1-c1ccccc1Cl. The van der Waals surface area contributed by atoms with E-state index < -0.39 is 0 Å². The van der Waals surface area contributed by atoms with Crippen molar-refractivity contribution in [3.8, 4) is 11.4 Å². The molecule has 1 aromatic heterocycles. The van der Waals surface area contributed by atoms with Gasteiger partial charge in [-0.3, -0.25) is 4.79 Å². The van der Waals surface area contributed by atoms with Crippen molar-refractivity contribution in [1.29, 1.82) is 0 Å². The van der Waals surface area contributed by atoms with Crippen LogP contribution in [0.25, 0.3) is 22.2 Å². The molecule has 8 heteroatoms. The van der Waals surface area contributed by atoms with Crippen molar-refractivity contribution in [1.82, 2.24) is 14.8 Å². The third kappa shape index (κ3) is 5.55. The van der Waals surface area contributed by atoms with Crippen molar-refractivity contribution in [3.63, 3.8) is 0 Å². The average Bonchev–Trinajstić information content (AvgIpc) is 3.21. The summed E-state index contributed by atoms with van der Waals surface area (Å²) in [4.78, 5) is 12.9. The fourth-order valence-corrected chi connectivity index (χ4v) is 4.60. The Bertz CT molecular complexity index is 1260. The number of carbonyl (C=O) groups excluding carboxylic acids is 1. The maximum atomic E-state index is 12.9. The number of ether oxygens (including phenoxy) is 1. The zero-order valence-electron chi connectivity index (χ0n) is 18.5. The van der Waals surface area contributed by atoms with E-state index in [-0.39, 0.29) is 11.2 Å². The van der Waals surface area contributed by atoms with Crippen LogP contribution in [0.15, 0.2) is 71.9 Å². The number of hydrogen-bond donors (Lipinski definition) is 1. The number of nitrogens with one attached hydrogen (secondary N) is 1. The summed E-state index contributed by atoms with van der Waals surface area (Å²) in [5, 5.41) is 14.9. The summed E-state index contributed by atoms with van der Waals surface area (Å²) in [7, 11) is 1.68. The van der Waals surface area contributed by atoms with Crippen LogP contribution in [0.2, 0.25) is 5.02 Å². The van der Waals surface area contributed by atoms with Crippen LogP contribution in [-0.4, -0.2) is 39.6 Å². The van der Waals surface area contributed by atoms with Gasteiger partial charge in [0.1, 0.15) is 0 Å². The molecule has 170 valence electrons. The number of aromatic nitrogens is 3. The van der Waals surface area contributed by atoms with E-state index in [1.165, 1.54) is 11.8 Å². The van der Waals surface area contributed by atoms with E-state index in [9.17, 15) is 4.79 Å². The number of benzene rings is 3. The lowest BCUT2D eigenvalue weighted by Crippen LogP contribution is -2.23. The molecule has 0 spiro atoms. The lowest BCUT2D eigenvalue weighted by atomic mass is 10.1. The minimum absolute atomic E-state index is 0.0963. The predicted octanol–water partition coefficient (Wildman–Crippen LogP) is 5.91. The van der Waals surface area contributed by atoms with Crippen LogP contribution in [0.5, 0.6) is 0 Å². The van der Waals surface area contributed by atoms with Gasteiger partial charge in [0.25, 0.3) is 0 Å². The standard InChI is InChI=1S/C25H25ClN4O2S/c1-17(24(31)27-20-13-12-18-8-3-4-9-19(18)16-20)33-25-29-28-23(30(25)14-7-15-32-2)21-10-5-6-11-22(21)26/h3-6,8-13,16-17H,7,14-15H2,1-2H3,(H,27,31). The molecule has 0 radical (unpaired) electrons. The van der Waals surface area contributed by atoms with Crippen molar-refractivity contribution >= 4 is 45.7 Å². The number of amides is 1. The number of thioether (sulfide) groups is 1. The van der Waals surface area contributed by atoms with Gasteiger partial charge in [-0.1, -0.05) is 65.8 Å². The smallest absolute Gasteiger partial charge is 0.237 e. The Morgan fingerprint density at radius 2 is 1.85 bits per heavy atom. The minimum atomic E-state index is -0.374. The van der Waals surface area contributed by atoms with E-state index in [0.29, 0.717) is 29.2 Å². The van der Waals surface area contributed by atoms with Crippen LogP contribution in [0.1, 0.15) is 13.3 Å². The molecule has 3 aromatic carbocycles. The van der Waals surface area contributed by atoms with Gasteiger partial charge < -0.3 is 14.6 Å². The molecular formula is C25H25ClN4O2S. The van der Waals surface area contributed by atoms with Gasteiger partial charge in [0, 0.05) is 31.5 Å². The molecule has 1 amide bonds. The maximum absolute atomic E-state index is 12.9. The Morgan fingerprint density at radius 3 is 2.64 bits per heavy atom. The highest BCUT2D eigenvalue weighted by Gasteiger charge is 2.22. The van der Waals surface area contributed by atoms with E-state index in [1.807, 2.05) is 78.2 Å². The molecule has 1 unspecified atom stereocenters. The molecule has 0 aliphatic carbocycles. The number of anilines is 1. The number of nitrogens with zero attached hydrogens (tertiary/aromatic N) is 3. The van der Waals surface area contributed by atoms with Crippen molar-refractivity contribution < 1.29 is 9.53 Å². The van der Waals surface area contributed by atoms with Gasteiger partial charge in [0.2, 0.25) is 5.91 Å². The number of carbonyl (C=O) groups is 1. The van der Waals surface area contributed by atoms with E-state index >= 15 is 0 Å². The fourth-order valence-electron chi connectivity index (χ4n) is 3.51. The van der Waals surface area contributed by atoms with E-state index in [4.69, 9.17) is 16.3 Å². The molecule has 4 rings (SSSR count). The Kier molecular flexibility index (Phi) is 7.65. The van der Waals surface area contributed by atoms with Crippen molar-refractivity contribution in [2.24, 2.45) is 0 Å². The van der Waals surface area contributed by atoms with Gasteiger partial charge in [0.05, 0.1) is 10.3 Å². The van der Waals surface area contributed by atoms with Gasteiger partial charge in [-0.25, -0.2) is 0 Å². The summed E-state index contributed by atoms with van der Waals surface area (Å²) in [6.45, 7) is 3.13. The van der Waals surface area contributed by atoms with Gasteiger partial charge in [-0.15, -0.1) is 10.2 Å². The highest BCUT2D eigenvalue weighted by atomic mass is 35.5. The van der Waals surface area contributed by atoms with Crippen LogP contribution in [0, 0.1) is 0 Å². The van der Waals surface area contributed by atoms with Crippen molar-refractivity contribution in [2.45, 2.75) is 30.3 Å². The summed E-state index contributed by atoms with van der Waals surface area (Å²) in [6.07, 6.45) is 0.789. The molecular weight excluding hydrogens is 456 g/mol. The van der Waals surface area contributed by atoms with Gasteiger partial charge in [0.15, 0.2) is 11.0 Å². The first-order valence-electron chi connectivity index (χ1n) is 10.7. The summed E-state index contributed by atoms with van der Waals surface area (Å²) in [6, 6.07) is 21.5. The van der Waals surface area contributed by atoms with Gasteiger partial charge in [-0.2, -0.15) is 0 Å². The fraction of sp³-hybridized carbons (Fsp3) is 0.240. The molecule has 1 heterocycles. The molecule has 1 atom stereocenters. The summed E-state index contributed by atoms with van der Waals surface area (Å²) in [5.74, 6) is 0.586. The molecule has 0 fully saturated rings. The third-order valence-corrected chi connectivity index (χ3v) is 6.64. The highest BCUT2D eigenvalue weighted by Crippen LogP contribution is 2.31. The largest absolute Gasteiger partial charge is 0.385 e. The predicted molar refractivity (Wildman–Crippen MR) is 135 cm³/mol. The number of hydrogen-bond acceptors (Lipinski definition) is 5. The quantitative estimate of drug-likeness (QED) is 0.238. The molecule has 0 saturated carbocycles. The molecule has 0 aliphatic heterocycles. The second-order valence-electron chi connectivity index (χ2n) is 7.60. The zero-order chi connectivity index (χ0) is 23.2. The molecule has 6 nitrogen and oxygen atoms in total. The summed E-state index contributed by atoms with van der Waals surface area (Å²) >= 11 is 7.79. The van der Waals surface area contributed by atoms with Crippen molar-refractivity contribution in [2.75, 3.05) is 19.0 Å². The lowest BCUT2D eigenvalue weighted by Gasteiger charge is -2.14. The van der Waals surface area contributed by atoms with Gasteiger partial charge in [-0.05, 0) is 48.4 Å². The van der Waals surface area contributed by atoms with E-state index in [1.54, 1.807) is 7.11 Å². The molecule has 1 N–H and O–H groups in total. The number of fused-ring (bicyclic) bond motifs is 1. The Balaban J connectivity index is 1.52. The Labute approximate surface area is 202 Å². The highest BCUT2D eigenvalue weighted by molar-refractivity contribution is 8.00. The Hall–Kier alpha value is -2.87. The minimum Gasteiger partial charge on any atom is -0.385 e. The number of halogens is 1. The molecule has 0 bridgehead atoms. The first-order chi connectivity index (χ1) is 16.1. The van der Waals surface area contributed by atoms with Crippen molar-refractivity contribution in [3.05, 3.63) is 71.8 Å². The van der Waals surface area contributed by atoms with Crippen LogP contribution in [0.3, 0.4) is 0 Å². The number of rotatable bonds is 9. The summed E-state index contributed by atoms with van der Waals surface area (Å²) in [5.41, 5.74) is 1.58. The second-order valence-corrected chi connectivity index (χ2v) is 9.31. The molecule has 33 heavy (non-hydrogen) atoms. The number of methoxy groups -OCH3 is 1. The lowest BCUT2D eigenvalue weighted by molar-refractivity contribution is -0.115. The zero-order valence-corrected chi connectivity index (χ0v) is 20.1. The van der Waals surface area contributed by atoms with E-state index in [0.717, 1.165) is 28.4 Å². The average molecular weight is 481 g/mol. The van der Waals surface area contributed by atoms with Crippen LogP contribution in [-0.2, 0) is 16.1 Å². The third-order valence-electron chi connectivity index (χ3n) is 5.23. The molecule has 0 aliphatic rings. The second kappa shape index (κ2) is 10.8. The topological polar surface area (TPSA) is 69.0 Å². The van der Waals surface area contributed by atoms with Crippen LogP contribution >= 0.6 is 23.4 Å². The maximum Gasteiger partial charge on any atom is 0.237 e. The molecule has 0 saturated heterocycles. The molecule has 4 aromatic rings. The van der Waals surface area contributed by atoms with Crippen LogP contribution in [0.4, 0.5) is 5.69 Å². The summed E-state index contributed by atoms with van der Waals surface area (Å²) < 4.78 is 7.22. The normalized spacial score (nSPS) is 12.1. The Morgan fingerprint density at radius 1 is 1.09 bits per heavy atom. The van der Waals surface area contributed by atoms with E-state index in [2.05, 4.69) is 15.5 Å². The van der Waals surface area contributed by atoms with Crippen LogP contribution < -0.4 is 5.32 Å². The van der Waals surface area contributed by atoms with Gasteiger partial charge >= 0.3 is 0 Å². The first-order valence-corrected chi connectivity index (χ1v) is 12.0.